The number of aromatic nitrogens is 2. The Morgan fingerprint density at radius 2 is 2.16 bits per heavy atom. The van der Waals surface area contributed by atoms with Crippen LogP contribution in [0.25, 0.3) is 0 Å². The smallest absolute Gasteiger partial charge is 0.123 e. The maximum Gasteiger partial charge on any atom is 0.123 e. The topological polar surface area (TPSA) is 55.9 Å². The summed E-state index contributed by atoms with van der Waals surface area (Å²) in [6.07, 6.45) is 0.686. The van der Waals surface area contributed by atoms with Gasteiger partial charge in [-0.2, -0.15) is 5.10 Å². The number of nitrogens with one attached hydrogen (secondary N) is 1. The summed E-state index contributed by atoms with van der Waals surface area (Å²) in [6, 6.07) is 6.37. The first-order chi connectivity index (χ1) is 9.02. The lowest BCUT2D eigenvalue weighted by atomic mass is 9.98. The van der Waals surface area contributed by atoms with E-state index in [2.05, 4.69) is 10.5 Å². The summed E-state index contributed by atoms with van der Waals surface area (Å²) in [5, 5.41) is 4.38. The van der Waals surface area contributed by atoms with Crippen molar-refractivity contribution < 1.29 is 4.39 Å². The molecule has 0 aliphatic carbocycles. The fourth-order valence-electron chi connectivity index (χ4n) is 2.31. The zero-order chi connectivity index (χ0) is 14.0. The molecule has 1 aromatic carbocycles. The summed E-state index contributed by atoms with van der Waals surface area (Å²) >= 11 is 0. The van der Waals surface area contributed by atoms with Crippen LogP contribution < -0.4 is 11.3 Å². The number of aryl methyl sites for hydroxylation is 2. The maximum absolute atomic E-state index is 13.3. The van der Waals surface area contributed by atoms with Crippen LogP contribution in [0.4, 0.5) is 4.39 Å². The zero-order valence-electron chi connectivity index (χ0n) is 11.4. The van der Waals surface area contributed by atoms with Crippen LogP contribution in [0.5, 0.6) is 0 Å². The lowest BCUT2D eigenvalue weighted by Crippen LogP contribution is -2.30. The minimum absolute atomic E-state index is 0.128. The molecule has 102 valence electrons. The zero-order valence-corrected chi connectivity index (χ0v) is 11.4. The maximum atomic E-state index is 13.3. The molecular weight excluding hydrogens is 243 g/mol. The van der Waals surface area contributed by atoms with Gasteiger partial charge in [0.15, 0.2) is 0 Å². The molecule has 0 bridgehead atoms. The van der Waals surface area contributed by atoms with Gasteiger partial charge in [0.1, 0.15) is 5.82 Å². The van der Waals surface area contributed by atoms with Crippen LogP contribution in [0.3, 0.4) is 0 Å². The average molecular weight is 262 g/mol. The molecule has 3 N–H and O–H groups in total. The molecule has 4 nitrogen and oxygen atoms in total. The molecular formula is C14H19FN4. The van der Waals surface area contributed by atoms with Gasteiger partial charge in [-0.25, -0.2) is 4.39 Å². The highest BCUT2D eigenvalue weighted by atomic mass is 19.1. The van der Waals surface area contributed by atoms with Gasteiger partial charge in [-0.05, 0) is 43.5 Å². The summed E-state index contributed by atoms with van der Waals surface area (Å²) in [4.78, 5) is 0. The average Bonchev–Trinajstić information content (AvgIpc) is 2.61. The van der Waals surface area contributed by atoms with Crippen molar-refractivity contribution in [1.82, 2.24) is 15.2 Å². The summed E-state index contributed by atoms with van der Waals surface area (Å²) < 4.78 is 15.1. The first-order valence-corrected chi connectivity index (χ1v) is 6.23. The van der Waals surface area contributed by atoms with Crippen molar-refractivity contribution in [2.75, 3.05) is 0 Å². The van der Waals surface area contributed by atoms with E-state index in [4.69, 9.17) is 5.84 Å². The van der Waals surface area contributed by atoms with Crippen molar-refractivity contribution in [2.24, 2.45) is 12.9 Å². The van der Waals surface area contributed by atoms with Crippen LogP contribution in [0.15, 0.2) is 24.3 Å². The first-order valence-electron chi connectivity index (χ1n) is 6.23. The minimum atomic E-state index is -0.252. The van der Waals surface area contributed by atoms with E-state index in [1.807, 2.05) is 31.6 Å². The molecule has 0 aliphatic heterocycles. The van der Waals surface area contributed by atoms with E-state index in [1.54, 1.807) is 6.07 Å². The normalized spacial score (nSPS) is 12.7. The largest absolute Gasteiger partial charge is 0.272 e. The Bertz CT molecular complexity index is 577. The standard InChI is InChI=1S/C14H19FN4/c1-9-13(10(2)19(3)18-9)8-14(17-16)11-5-4-6-12(15)7-11/h4-7,14,17H,8,16H2,1-3H3. The van der Waals surface area contributed by atoms with Gasteiger partial charge >= 0.3 is 0 Å². The molecule has 0 aliphatic rings. The van der Waals surface area contributed by atoms with E-state index in [0.717, 1.165) is 22.5 Å². The number of benzene rings is 1. The van der Waals surface area contributed by atoms with Crippen molar-refractivity contribution in [3.8, 4) is 0 Å². The second-order valence-corrected chi connectivity index (χ2v) is 4.75. The minimum Gasteiger partial charge on any atom is -0.272 e. The number of hydrogen-bond acceptors (Lipinski definition) is 3. The number of nitrogens with two attached hydrogens (primary N) is 1. The van der Waals surface area contributed by atoms with E-state index < -0.39 is 0 Å². The molecule has 0 saturated heterocycles. The fraction of sp³-hybridized carbons (Fsp3) is 0.357. The Hall–Kier alpha value is -1.72. The molecule has 1 unspecified atom stereocenters. The highest BCUT2D eigenvalue weighted by molar-refractivity contribution is 5.29. The number of rotatable bonds is 4. The molecule has 1 atom stereocenters. The highest BCUT2D eigenvalue weighted by Crippen LogP contribution is 2.22. The Morgan fingerprint density at radius 1 is 1.42 bits per heavy atom. The number of halogens is 1. The Balaban J connectivity index is 2.29. The van der Waals surface area contributed by atoms with E-state index >= 15 is 0 Å². The molecule has 0 radical (unpaired) electrons. The lowest BCUT2D eigenvalue weighted by Gasteiger charge is -2.16. The van der Waals surface area contributed by atoms with Crippen molar-refractivity contribution in [2.45, 2.75) is 26.3 Å². The second-order valence-electron chi connectivity index (χ2n) is 4.75. The Kier molecular flexibility index (Phi) is 3.97. The molecule has 1 aromatic heterocycles. The molecule has 2 rings (SSSR count). The molecule has 0 spiro atoms. The fourth-order valence-corrected chi connectivity index (χ4v) is 2.31. The predicted molar refractivity (Wildman–Crippen MR) is 72.9 cm³/mol. The molecule has 0 amide bonds. The van der Waals surface area contributed by atoms with Crippen LogP contribution in [-0.2, 0) is 13.5 Å². The molecule has 1 heterocycles. The van der Waals surface area contributed by atoms with Gasteiger partial charge in [-0.3, -0.25) is 16.0 Å². The SMILES string of the molecule is Cc1nn(C)c(C)c1CC(NN)c1cccc(F)c1. The van der Waals surface area contributed by atoms with Gasteiger partial charge in [0.25, 0.3) is 0 Å². The van der Waals surface area contributed by atoms with E-state index in [9.17, 15) is 4.39 Å². The highest BCUT2D eigenvalue weighted by Gasteiger charge is 2.17. The van der Waals surface area contributed by atoms with Crippen LogP contribution in [0.2, 0.25) is 0 Å². The Labute approximate surface area is 112 Å². The van der Waals surface area contributed by atoms with Gasteiger partial charge in [-0.15, -0.1) is 0 Å². The van der Waals surface area contributed by atoms with Gasteiger partial charge in [-0.1, -0.05) is 12.1 Å². The summed E-state index contributed by atoms with van der Waals surface area (Å²) in [6.45, 7) is 4.00. The summed E-state index contributed by atoms with van der Waals surface area (Å²) in [7, 11) is 1.92. The van der Waals surface area contributed by atoms with Crippen molar-refractivity contribution in [3.05, 3.63) is 52.6 Å². The summed E-state index contributed by atoms with van der Waals surface area (Å²) in [5.41, 5.74) is 6.83. The first kappa shape index (κ1) is 13.7. The molecule has 0 fully saturated rings. The van der Waals surface area contributed by atoms with Crippen molar-refractivity contribution in [3.63, 3.8) is 0 Å². The molecule has 2 aromatic rings. The van der Waals surface area contributed by atoms with Gasteiger partial charge < -0.3 is 0 Å². The summed E-state index contributed by atoms with van der Waals surface area (Å²) in [5.74, 6) is 5.36. The monoisotopic (exact) mass is 262 g/mol. The van der Waals surface area contributed by atoms with E-state index in [0.29, 0.717) is 6.42 Å². The number of hydrogen-bond donors (Lipinski definition) is 2. The van der Waals surface area contributed by atoms with E-state index in [-0.39, 0.29) is 11.9 Å². The van der Waals surface area contributed by atoms with Gasteiger partial charge in [0.05, 0.1) is 11.7 Å². The third-order valence-electron chi connectivity index (χ3n) is 3.52. The lowest BCUT2D eigenvalue weighted by molar-refractivity contribution is 0.542. The molecule has 0 saturated carbocycles. The van der Waals surface area contributed by atoms with Crippen LogP contribution in [-0.4, -0.2) is 9.78 Å². The molecule has 5 heteroatoms. The molecule has 19 heavy (non-hydrogen) atoms. The number of nitrogens with zero attached hydrogens (tertiary/aromatic N) is 2. The van der Waals surface area contributed by atoms with Crippen molar-refractivity contribution >= 4 is 0 Å². The van der Waals surface area contributed by atoms with Gasteiger partial charge in [0.2, 0.25) is 0 Å². The number of hydrazine groups is 1. The van der Waals surface area contributed by atoms with E-state index in [1.165, 1.54) is 12.1 Å². The van der Waals surface area contributed by atoms with Crippen LogP contribution in [0, 0.1) is 19.7 Å². The third kappa shape index (κ3) is 2.83. The Morgan fingerprint density at radius 3 is 2.68 bits per heavy atom. The van der Waals surface area contributed by atoms with Gasteiger partial charge in [0, 0.05) is 12.7 Å². The second kappa shape index (κ2) is 5.50. The predicted octanol–water partition coefficient (Wildman–Crippen LogP) is 1.92. The van der Waals surface area contributed by atoms with Crippen molar-refractivity contribution in [1.29, 1.82) is 0 Å². The third-order valence-corrected chi connectivity index (χ3v) is 3.52. The van der Waals surface area contributed by atoms with Crippen LogP contribution in [0.1, 0.15) is 28.6 Å². The van der Waals surface area contributed by atoms with Crippen LogP contribution >= 0.6 is 0 Å². The quantitative estimate of drug-likeness (QED) is 0.654.